The number of hydrogen-bond acceptors (Lipinski definition) is 4. The molecular formula is C22H23ClN4O2. The molecule has 1 amide bonds. The van der Waals surface area contributed by atoms with Crippen LogP contribution in [0.4, 0.5) is 5.69 Å². The number of carbonyl (C=O) groups excluding carboxylic acids is 2. The van der Waals surface area contributed by atoms with Gasteiger partial charge in [0.15, 0.2) is 5.78 Å². The molecule has 6 nitrogen and oxygen atoms in total. The van der Waals surface area contributed by atoms with E-state index in [2.05, 4.69) is 15.2 Å². The zero-order valence-electron chi connectivity index (χ0n) is 16.2. The minimum Gasteiger partial charge on any atom is -0.342 e. The largest absolute Gasteiger partial charge is 0.342 e. The van der Waals surface area contributed by atoms with Crippen molar-refractivity contribution >= 4 is 40.0 Å². The van der Waals surface area contributed by atoms with Crippen LogP contribution >= 0.6 is 11.6 Å². The van der Waals surface area contributed by atoms with Crippen LogP contribution in [0.25, 0.3) is 11.0 Å². The van der Waals surface area contributed by atoms with Gasteiger partial charge < -0.3 is 10.3 Å². The molecule has 0 spiro atoms. The lowest BCUT2D eigenvalue weighted by molar-refractivity contribution is -0.117. The van der Waals surface area contributed by atoms with Gasteiger partial charge in [-0.2, -0.15) is 0 Å². The summed E-state index contributed by atoms with van der Waals surface area (Å²) in [5.74, 6) is 1.33. The molecular weight excluding hydrogens is 388 g/mol. The number of fused-ring (bicyclic) bond motifs is 1. The predicted octanol–water partition coefficient (Wildman–Crippen LogP) is 4.24. The van der Waals surface area contributed by atoms with Crippen LogP contribution in [-0.2, 0) is 4.79 Å². The molecule has 7 heteroatoms. The van der Waals surface area contributed by atoms with Gasteiger partial charge in [0, 0.05) is 22.2 Å². The van der Waals surface area contributed by atoms with Gasteiger partial charge in [0.25, 0.3) is 0 Å². The molecule has 2 aromatic carbocycles. The van der Waals surface area contributed by atoms with E-state index in [0.717, 1.165) is 42.8 Å². The van der Waals surface area contributed by atoms with Crippen LogP contribution in [0.5, 0.6) is 0 Å². The minimum atomic E-state index is -0.0441. The van der Waals surface area contributed by atoms with E-state index >= 15 is 0 Å². The summed E-state index contributed by atoms with van der Waals surface area (Å²) in [6.45, 7) is 3.58. The second-order valence-corrected chi connectivity index (χ2v) is 7.95. The molecule has 1 aromatic heterocycles. The second kappa shape index (κ2) is 8.35. The first-order valence-electron chi connectivity index (χ1n) is 9.76. The van der Waals surface area contributed by atoms with E-state index in [1.165, 1.54) is 6.92 Å². The number of nitrogens with one attached hydrogen (secondary N) is 2. The van der Waals surface area contributed by atoms with Crippen molar-refractivity contribution in [3.8, 4) is 0 Å². The molecule has 2 heterocycles. The number of benzene rings is 2. The Bertz CT molecular complexity index is 1040. The third kappa shape index (κ3) is 4.66. The van der Waals surface area contributed by atoms with Gasteiger partial charge in [-0.25, -0.2) is 4.98 Å². The number of piperidine rings is 1. The fraction of sp³-hybridized carbons (Fsp3) is 0.318. The molecule has 0 aliphatic carbocycles. The van der Waals surface area contributed by atoms with Crippen LogP contribution in [0.2, 0.25) is 5.02 Å². The monoisotopic (exact) mass is 410 g/mol. The Morgan fingerprint density at radius 3 is 2.59 bits per heavy atom. The number of carbonyl (C=O) groups is 2. The van der Waals surface area contributed by atoms with Crippen molar-refractivity contribution in [2.45, 2.75) is 25.7 Å². The molecule has 1 saturated heterocycles. The van der Waals surface area contributed by atoms with Gasteiger partial charge in [-0.3, -0.25) is 14.5 Å². The Balaban J connectivity index is 1.29. The van der Waals surface area contributed by atoms with Crippen molar-refractivity contribution in [2.75, 3.05) is 25.0 Å². The molecule has 4 rings (SSSR count). The van der Waals surface area contributed by atoms with Gasteiger partial charge in [0.2, 0.25) is 5.91 Å². The van der Waals surface area contributed by atoms with E-state index in [-0.39, 0.29) is 11.7 Å². The molecule has 0 atom stereocenters. The first-order chi connectivity index (χ1) is 14.0. The molecule has 1 aliphatic rings. The maximum absolute atomic E-state index is 12.3. The van der Waals surface area contributed by atoms with Gasteiger partial charge in [-0.1, -0.05) is 11.6 Å². The Kier molecular flexibility index (Phi) is 5.65. The zero-order chi connectivity index (χ0) is 20.4. The third-order valence-corrected chi connectivity index (χ3v) is 5.61. The quantitative estimate of drug-likeness (QED) is 0.617. The van der Waals surface area contributed by atoms with Gasteiger partial charge in [0.05, 0.1) is 17.6 Å². The number of Topliss-reactive ketones (excluding diaryl/α,β-unsaturated/α-hetero) is 1. The SMILES string of the molecule is CC(=O)c1ccc(NC(=O)CN2CCC(c3nc4ccc(Cl)cc4[nH]3)CC2)cc1. The average molecular weight is 411 g/mol. The Morgan fingerprint density at radius 1 is 1.17 bits per heavy atom. The van der Waals surface area contributed by atoms with E-state index < -0.39 is 0 Å². The Labute approximate surface area is 174 Å². The number of anilines is 1. The number of H-pyrrole nitrogens is 1. The van der Waals surface area contributed by atoms with Crippen molar-refractivity contribution < 1.29 is 9.59 Å². The zero-order valence-corrected chi connectivity index (χ0v) is 17.0. The fourth-order valence-electron chi connectivity index (χ4n) is 3.75. The van der Waals surface area contributed by atoms with E-state index in [9.17, 15) is 9.59 Å². The normalized spacial score (nSPS) is 15.5. The van der Waals surface area contributed by atoms with Crippen LogP contribution in [0, 0.1) is 0 Å². The second-order valence-electron chi connectivity index (χ2n) is 7.52. The molecule has 150 valence electrons. The van der Waals surface area contributed by atoms with Crippen LogP contribution in [0.15, 0.2) is 42.5 Å². The fourth-order valence-corrected chi connectivity index (χ4v) is 3.92. The summed E-state index contributed by atoms with van der Waals surface area (Å²) in [7, 11) is 0. The molecule has 0 unspecified atom stereocenters. The highest BCUT2D eigenvalue weighted by molar-refractivity contribution is 6.31. The van der Waals surface area contributed by atoms with Crippen LogP contribution in [-0.4, -0.2) is 46.2 Å². The molecule has 3 aromatic rings. The first kappa shape index (κ1) is 19.6. The summed E-state index contributed by atoms with van der Waals surface area (Å²) in [5.41, 5.74) is 3.24. The lowest BCUT2D eigenvalue weighted by atomic mass is 9.96. The first-order valence-corrected chi connectivity index (χ1v) is 10.1. The third-order valence-electron chi connectivity index (χ3n) is 5.38. The number of hydrogen-bond donors (Lipinski definition) is 2. The van der Waals surface area contributed by atoms with Crippen LogP contribution in [0.3, 0.4) is 0 Å². The van der Waals surface area contributed by atoms with Crippen molar-refractivity contribution in [2.24, 2.45) is 0 Å². The van der Waals surface area contributed by atoms with Crippen molar-refractivity contribution in [1.82, 2.24) is 14.9 Å². The number of aromatic amines is 1. The summed E-state index contributed by atoms with van der Waals surface area (Å²) in [6, 6.07) is 12.6. The highest BCUT2D eigenvalue weighted by atomic mass is 35.5. The minimum absolute atomic E-state index is 0.0123. The van der Waals surface area contributed by atoms with Crippen LogP contribution in [0.1, 0.15) is 41.9 Å². The van der Waals surface area contributed by atoms with Crippen LogP contribution < -0.4 is 5.32 Å². The molecule has 2 N–H and O–H groups in total. The summed E-state index contributed by atoms with van der Waals surface area (Å²) in [5, 5.41) is 3.60. The molecule has 0 radical (unpaired) electrons. The molecule has 1 fully saturated rings. The molecule has 0 saturated carbocycles. The summed E-state index contributed by atoms with van der Waals surface area (Å²) >= 11 is 6.05. The van der Waals surface area contributed by atoms with Gasteiger partial charge in [0.1, 0.15) is 5.82 Å². The topological polar surface area (TPSA) is 78.1 Å². The van der Waals surface area contributed by atoms with E-state index in [0.29, 0.717) is 28.7 Å². The number of rotatable bonds is 5. The van der Waals surface area contributed by atoms with Gasteiger partial charge >= 0.3 is 0 Å². The van der Waals surface area contributed by atoms with E-state index in [4.69, 9.17) is 16.6 Å². The predicted molar refractivity (Wildman–Crippen MR) is 115 cm³/mol. The Hall–Kier alpha value is -2.70. The average Bonchev–Trinajstić information content (AvgIpc) is 3.12. The molecule has 0 bridgehead atoms. The highest BCUT2D eigenvalue weighted by Crippen LogP contribution is 2.28. The van der Waals surface area contributed by atoms with E-state index in [1.807, 2.05) is 18.2 Å². The lowest BCUT2D eigenvalue weighted by Crippen LogP contribution is -2.38. The number of nitrogens with zero attached hydrogens (tertiary/aromatic N) is 2. The summed E-state index contributed by atoms with van der Waals surface area (Å²) in [6.07, 6.45) is 1.91. The molecule has 1 aliphatic heterocycles. The summed E-state index contributed by atoms with van der Waals surface area (Å²) in [4.78, 5) is 33.9. The van der Waals surface area contributed by atoms with Crippen molar-refractivity contribution in [1.29, 1.82) is 0 Å². The maximum atomic E-state index is 12.3. The number of ketones is 1. The van der Waals surface area contributed by atoms with Crippen molar-refractivity contribution in [3.05, 3.63) is 58.9 Å². The Morgan fingerprint density at radius 2 is 1.90 bits per heavy atom. The maximum Gasteiger partial charge on any atom is 0.238 e. The molecule has 29 heavy (non-hydrogen) atoms. The van der Waals surface area contributed by atoms with E-state index in [1.54, 1.807) is 24.3 Å². The summed E-state index contributed by atoms with van der Waals surface area (Å²) < 4.78 is 0. The van der Waals surface area contributed by atoms with Gasteiger partial charge in [-0.15, -0.1) is 0 Å². The lowest BCUT2D eigenvalue weighted by Gasteiger charge is -2.30. The van der Waals surface area contributed by atoms with Gasteiger partial charge in [-0.05, 0) is 75.3 Å². The number of likely N-dealkylation sites (tertiary alicyclic amines) is 1. The highest BCUT2D eigenvalue weighted by Gasteiger charge is 2.24. The number of halogens is 1. The number of amides is 1. The smallest absolute Gasteiger partial charge is 0.238 e. The standard InChI is InChI=1S/C22H23ClN4O2/c1-14(28)15-2-5-18(6-3-15)24-21(29)13-27-10-8-16(9-11-27)22-25-19-7-4-17(23)12-20(19)26-22/h2-7,12,16H,8-11,13H2,1H3,(H,24,29)(H,25,26). The van der Waals surface area contributed by atoms with Crippen molar-refractivity contribution in [3.63, 3.8) is 0 Å². The number of imidazole rings is 1. The number of aromatic nitrogens is 2.